The maximum absolute atomic E-state index is 11.1. The number of nitrogens with one attached hydrogen (secondary N) is 1. The quantitative estimate of drug-likeness (QED) is 0.556. The van der Waals surface area contributed by atoms with Crippen LogP contribution in [-0.2, 0) is 4.79 Å². The van der Waals surface area contributed by atoms with E-state index in [0.717, 1.165) is 5.70 Å². The van der Waals surface area contributed by atoms with E-state index in [2.05, 4.69) is 11.9 Å². The number of carbonyl (C=O) groups is 1. The Bertz CT molecular complexity index is 218. The molecule has 1 aliphatic rings. The highest BCUT2D eigenvalue weighted by Crippen LogP contribution is 2.14. The van der Waals surface area contributed by atoms with Crippen molar-refractivity contribution in [2.45, 2.75) is 0 Å². The van der Waals surface area contributed by atoms with E-state index >= 15 is 0 Å². The molecule has 0 saturated heterocycles. The van der Waals surface area contributed by atoms with Crippen molar-refractivity contribution in [2.75, 3.05) is 14.1 Å². The van der Waals surface area contributed by atoms with Gasteiger partial charge in [-0.05, 0) is 6.08 Å². The molecular formula is C7H10N2O. The van der Waals surface area contributed by atoms with Gasteiger partial charge in [-0.3, -0.25) is 4.79 Å². The number of likely N-dealkylation sites (N-methyl/N-ethyl adjacent to an activating group) is 2. The molecule has 0 saturated carbocycles. The molecule has 0 spiro atoms. The fourth-order valence-electron chi connectivity index (χ4n) is 0.815. The van der Waals surface area contributed by atoms with Crippen LogP contribution in [0.1, 0.15) is 0 Å². The average Bonchev–Trinajstić information content (AvgIpc) is 2.17. The Morgan fingerprint density at radius 2 is 2.30 bits per heavy atom. The Labute approximate surface area is 60.0 Å². The van der Waals surface area contributed by atoms with Crippen molar-refractivity contribution in [1.82, 2.24) is 10.2 Å². The molecule has 0 unspecified atom stereocenters. The van der Waals surface area contributed by atoms with Gasteiger partial charge in [-0.2, -0.15) is 0 Å². The number of allylic oxidation sites excluding steroid dienone is 1. The molecule has 0 bridgehead atoms. The number of carbonyl (C=O) groups excluding carboxylic acids is 1. The molecular weight excluding hydrogens is 128 g/mol. The van der Waals surface area contributed by atoms with Crippen LogP contribution in [0.4, 0.5) is 0 Å². The summed E-state index contributed by atoms with van der Waals surface area (Å²) in [6, 6.07) is 0. The van der Waals surface area contributed by atoms with Crippen LogP contribution in [0.15, 0.2) is 24.0 Å². The molecule has 1 amide bonds. The van der Waals surface area contributed by atoms with E-state index in [1.807, 2.05) is 0 Å². The summed E-state index contributed by atoms with van der Waals surface area (Å²) in [6.07, 6.45) is 1.72. The van der Waals surface area contributed by atoms with Crippen LogP contribution in [0.25, 0.3) is 0 Å². The number of amides is 1. The van der Waals surface area contributed by atoms with Gasteiger partial charge in [0.25, 0.3) is 5.91 Å². The molecule has 3 heteroatoms. The van der Waals surface area contributed by atoms with E-state index < -0.39 is 0 Å². The highest BCUT2D eigenvalue weighted by Gasteiger charge is 2.21. The molecule has 3 nitrogen and oxygen atoms in total. The average molecular weight is 138 g/mol. The molecule has 0 radical (unpaired) electrons. The lowest BCUT2D eigenvalue weighted by molar-refractivity contribution is -0.123. The lowest BCUT2D eigenvalue weighted by Gasteiger charge is -2.08. The predicted octanol–water partition coefficient (Wildman–Crippen LogP) is 0.0754. The Balaban J connectivity index is 2.89. The van der Waals surface area contributed by atoms with E-state index in [9.17, 15) is 4.79 Å². The molecule has 1 aliphatic heterocycles. The normalized spacial score (nSPS) is 17.8. The number of nitrogens with zero attached hydrogens (tertiary/aromatic N) is 1. The van der Waals surface area contributed by atoms with Crippen molar-refractivity contribution >= 4 is 5.91 Å². The minimum atomic E-state index is -0.0208. The van der Waals surface area contributed by atoms with Gasteiger partial charge >= 0.3 is 0 Å². The van der Waals surface area contributed by atoms with Gasteiger partial charge in [0, 0.05) is 19.8 Å². The molecule has 0 fully saturated rings. The van der Waals surface area contributed by atoms with Gasteiger partial charge in [-0.1, -0.05) is 6.58 Å². The minimum Gasteiger partial charge on any atom is -0.384 e. The fraction of sp³-hybridized carbons (Fsp3) is 0.286. The summed E-state index contributed by atoms with van der Waals surface area (Å²) < 4.78 is 0. The summed E-state index contributed by atoms with van der Waals surface area (Å²) in [6.45, 7) is 3.67. The van der Waals surface area contributed by atoms with Crippen LogP contribution in [0, 0.1) is 0 Å². The lowest BCUT2D eigenvalue weighted by atomic mass is 10.4. The SMILES string of the molecule is C=C1C=C(NC)C(=O)N1C. The standard InChI is InChI=1S/C7H10N2O/c1-5-4-6(8-2)7(10)9(5)3/h4,8H,1H2,2-3H3. The highest BCUT2D eigenvalue weighted by atomic mass is 16.2. The molecule has 0 aromatic carbocycles. The van der Waals surface area contributed by atoms with Crippen LogP contribution < -0.4 is 5.32 Å². The second-order valence-electron chi connectivity index (χ2n) is 2.16. The number of rotatable bonds is 1. The number of hydrogen-bond donors (Lipinski definition) is 1. The second kappa shape index (κ2) is 2.17. The Morgan fingerprint density at radius 1 is 1.70 bits per heavy atom. The van der Waals surface area contributed by atoms with Crippen molar-refractivity contribution < 1.29 is 4.79 Å². The van der Waals surface area contributed by atoms with Crippen molar-refractivity contribution in [3.63, 3.8) is 0 Å². The maximum Gasteiger partial charge on any atom is 0.274 e. The van der Waals surface area contributed by atoms with Gasteiger partial charge in [0.15, 0.2) is 0 Å². The van der Waals surface area contributed by atoms with Crippen molar-refractivity contribution in [2.24, 2.45) is 0 Å². The Hall–Kier alpha value is -1.25. The van der Waals surface area contributed by atoms with Gasteiger partial charge in [-0.25, -0.2) is 0 Å². The summed E-state index contributed by atoms with van der Waals surface area (Å²) in [5.41, 5.74) is 1.34. The lowest BCUT2D eigenvalue weighted by Crippen LogP contribution is -2.24. The smallest absolute Gasteiger partial charge is 0.274 e. The van der Waals surface area contributed by atoms with Gasteiger partial charge in [0.2, 0.25) is 0 Å². The second-order valence-corrected chi connectivity index (χ2v) is 2.16. The Kier molecular flexibility index (Phi) is 1.49. The van der Waals surface area contributed by atoms with Crippen LogP contribution in [0.3, 0.4) is 0 Å². The number of hydrogen-bond acceptors (Lipinski definition) is 2. The first kappa shape index (κ1) is 6.86. The third-order valence-corrected chi connectivity index (χ3v) is 1.55. The van der Waals surface area contributed by atoms with Crippen LogP contribution in [0.5, 0.6) is 0 Å². The van der Waals surface area contributed by atoms with E-state index in [1.54, 1.807) is 20.2 Å². The summed E-state index contributed by atoms with van der Waals surface area (Å²) in [5, 5.41) is 2.78. The predicted molar refractivity (Wildman–Crippen MR) is 39.1 cm³/mol. The third-order valence-electron chi connectivity index (χ3n) is 1.55. The van der Waals surface area contributed by atoms with Crippen molar-refractivity contribution in [3.8, 4) is 0 Å². The van der Waals surface area contributed by atoms with Gasteiger partial charge in [0.1, 0.15) is 5.70 Å². The summed E-state index contributed by atoms with van der Waals surface area (Å²) >= 11 is 0. The van der Waals surface area contributed by atoms with E-state index in [4.69, 9.17) is 0 Å². The summed E-state index contributed by atoms with van der Waals surface area (Å²) in [7, 11) is 3.42. The van der Waals surface area contributed by atoms with E-state index in [0.29, 0.717) is 5.70 Å². The Morgan fingerprint density at radius 3 is 2.50 bits per heavy atom. The molecule has 1 rings (SSSR count). The zero-order valence-electron chi connectivity index (χ0n) is 6.14. The first-order chi connectivity index (χ1) is 4.66. The van der Waals surface area contributed by atoms with Crippen molar-refractivity contribution in [3.05, 3.63) is 24.0 Å². The topological polar surface area (TPSA) is 32.3 Å². The third kappa shape index (κ3) is 0.795. The van der Waals surface area contributed by atoms with Crippen LogP contribution in [0.2, 0.25) is 0 Å². The van der Waals surface area contributed by atoms with Gasteiger partial charge in [0.05, 0.1) is 0 Å². The summed E-state index contributed by atoms with van der Waals surface area (Å²) in [5.74, 6) is -0.0208. The molecule has 1 heterocycles. The zero-order chi connectivity index (χ0) is 7.72. The zero-order valence-corrected chi connectivity index (χ0v) is 6.14. The summed E-state index contributed by atoms with van der Waals surface area (Å²) in [4.78, 5) is 12.6. The minimum absolute atomic E-state index is 0.0208. The van der Waals surface area contributed by atoms with E-state index in [1.165, 1.54) is 4.90 Å². The maximum atomic E-state index is 11.1. The van der Waals surface area contributed by atoms with Gasteiger partial charge in [-0.15, -0.1) is 0 Å². The van der Waals surface area contributed by atoms with Crippen LogP contribution >= 0.6 is 0 Å². The fourth-order valence-corrected chi connectivity index (χ4v) is 0.815. The highest BCUT2D eigenvalue weighted by molar-refractivity contribution is 5.97. The molecule has 1 N–H and O–H groups in total. The van der Waals surface area contributed by atoms with Gasteiger partial charge < -0.3 is 10.2 Å². The monoisotopic (exact) mass is 138 g/mol. The molecule has 0 aliphatic carbocycles. The molecule has 0 aromatic rings. The molecule has 54 valence electrons. The first-order valence-electron chi connectivity index (χ1n) is 3.03. The first-order valence-corrected chi connectivity index (χ1v) is 3.03. The van der Waals surface area contributed by atoms with E-state index in [-0.39, 0.29) is 5.91 Å². The molecule has 0 aromatic heterocycles. The largest absolute Gasteiger partial charge is 0.384 e. The van der Waals surface area contributed by atoms with Crippen molar-refractivity contribution in [1.29, 1.82) is 0 Å². The van der Waals surface area contributed by atoms with Crippen LogP contribution in [-0.4, -0.2) is 24.9 Å². The molecule has 10 heavy (non-hydrogen) atoms. The molecule has 0 atom stereocenters.